The van der Waals surface area contributed by atoms with Crippen molar-refractivity contribution in [2.75, 3.05) is 6.54 Å². The van der Waals surface area contributed by atoms with Crippen molar-refractivity contribution in [3.63, 3.8) is 0 Å². The summed E-state index contributed by atoms with van der Waals surface area (Å²) in [4.78, 5) is 0. The fraction of sp³-hybridized carbons (Fsp3) is 1.00. The Labute approximate surface area is 58.2 Å². The van der Waals surface area contributed by atoms with Gasteiger partial charge in [-0.15, -0.1) is 12.4 Å². The molecule has 1 aliphatic carbocycles. The van der Waals surface area contributed by atoms with Crippen molar-refractivity contribution < 1.29 is 8.78 Å². The first-order valence-corrected chi connectivity index (χ1v) is 2.80. The van der Waals surface area contributed by atoms with Crippen molar-refractivity contribution in [2.24, 2.45) is 5.92 Å². The summed E-state index contributed by atoms with van der Waals surface area (Å²) in [6.07, 6.45) is -0.950. The van der Waals surface area contributed by atoms with E-state index in [9.17, 15) is 8.78 Å². The van der Waals surface area contributed by atoms with E-state index in [-0.39, 0.29) is 18.3 Å². The van der Waals surface area contributed by atoms with Gasteiger partial charge in [0.2, 0.25) is 0 Å². The SMILES string of the molecule is Cl.FC1NCC2CC21F. The van der Waals surface area contributed by atoms with E-state index in [0.29, 0.717) is 13.0 Å². The molecule has 0 radical (unpaired) electrons. The monoisotopic (exact) mass is 155 g/mol. The predicted molar refractivity (Wildman–Crippen MR) is 32.1 cm³/mol. The number of halogens is 3. The number of hydrogen-bond acceptors (Lipinski definition) is 1. The van der Waals surface area contributed by atoms with E-state index in [4.69, 9.17) is 0 Å². The third kappa shape index (κ3) is 0.749. The maximum atomic E-state index is 12.6. The molecule has 1 aliphatic heterocycles. The van der Waals surface area contributed by atoms with Gasteiger partial charge >= 0.3 is 0 Å². The summed E-state index contributed by atoms with van der Waals surface area (Å²) in [5.74, 6) is -0.0162. The highest BCUT2D eigenvalue weighted by atomic mass is 35.5. The minimum absolute atomic E-state index is 0. The Morgan fingerprint density at radius 2 is 2.22 bits per heavy atom. The normalized spacial score (nSPS) is 54.0. The Hall–Kier alpha value is 0.110. The van der Waals surface area contributed by atoms with Crippen molar-refractivity contribution in [1.29, 1.82) is 0 Å². The Morgan fingerprint density at radius 3 is 2.33 bits per heavy atom. The maximum absolute atomic E-state index is 12.6. The molecule has 0 aromatic carbocycles. The Morgan fingerprint density at radius 1 is 1.56 bits per heavy atom. The lowest BCUT2D eigenvalue weighted by molar-refractivity contribution is 0.141. The lowest BCUT2D eigenvalue weighted by Crippen LogP contribution is -2.27. The molecule has 3 unspecified atom stereocenters. The second-order valence-corrected chi connectivity index (χ2v) is 2.60. The summed E-state index contributed by atoms with van der Waals surface area (Å²) in [5.41, 5.74) is -1.46. The summed E-state index contributed by atoms with van der Waals surface area (Å²) >= 11 is 0. The van der Waals surface area contributed by atoms with Crippen molar-refractivity contribution >= 4 is 12.4 Å². The van der Waals surface area contributed by atoms with Crippen LogP contribution in [0.1, 0.15) is 6.42 Å². The molecule has 1 heterocycles. The standard InChI is InChI=1S/C5H7F2N.ClH/c6-4-5(7)1-3(5)2-8-4;/h3-4,8H,1-2H2;1H. The van der Waals surface area contributed by atoms with Crippen LogP contribution < -0.4 is 5.32 Å². The summed E-state index contributed by atoms with van der Waals surface area (Å²) < 4.78 is 24.9. The molecule has 1 N–H and O–H groups in total. The highest BCUT2D eigenvalue weighted by molar-refractivity contribution is 5.85. The first kappa shape index (κ1) is 7.22. The molecule has 2 fully saturated rings. The minimum Gasteiger partial charge on any atom is -0.285 e. The Balaban J connectivity index is 0.000000405. The van der Waals surface area contributed by atoms with Gasteiger partial charge in [0.15, 0.2) is 12.0 Å². The molecule has 0 bridgehead atoms. The van der Waals surface area contributed by atoms with Crippen LogP contribution in [0, 0.1) is 5.92 Å². The number of piperidine rings is 1. The van der Waals surface area contributed by atoms with Crippen LogP contribution in [0.2, 0.25) is 0 Å². The van der Waals surface area contributed by atoms with Gasteiger partial charge in [-0.1, -0.05) is 0 Å². The zero-order valence-electron chi connectivity index (χ0n) is 4.73. The second-order valence-electron chi connectivity index (χ2n) is 2.60. The zero-order chi connectivity index (χ0) is 5.78. The third-order valence-electron chi connectivity index (χ3n) is 2.04. The van der Waals surface area contributed by atoms with Gasteiger partial charge in [-0.3, -0.25) is 5.32 Å². The van der Waals surface area contributed by atoms with Gasteiger partial charge < -0.3 is 0 Å². The number of nitrogens with one attached hydrogen (secondary N) is 1. The van der Waals surface area contributed by atoms with Crippen LogP contribution in [-0.4, -0.2) is 18.5 Å². The van der Waals surface area contributed by atoms with E-state index in [1.807, 2.05) is 0 Å². The lowest BCUT2D eigenvalue weighted by atomic mass is 10.3. The van der Waals surface area contributed by atoms with E-state index in [1.54, 1.807) is 0 Å². The molecule has 1 saturated carbocycles. The minimum atomic E-state index is -1.46. The highest BCUT2D eigenvalue weighted by Crippen LogP contribution is 2.53. The van der Waals surface area contributed by atoms with Gasteiger partial charge in [0.1, 0.15) is 0 Å². The molecule has 3 atom stereocenters. The molecule has 9 heavy (non-hydrogen) atoms. The molecule has 0 aromatic heterocycles. The maximum Gasteiger partial charge on any atom is 0.185 e. The topological polar surface area (TPSA) is 12.0 Å². The van der Waals surface area contributed by atoms with Crippen LogP contribution in [0.25, 0.3) is 0 Å². The number of rotatable bonds is 0. The lowest BCUT2D eigenvalue weighted by Gasteiger charge is -2.04. The Kier molecular flexibility index (Phi) is 1.44. The average Bonchev–Trinajstić information content (AvgIpc) is 2.31. The van der Waals surface area contributed by atoms with E-state index >= 15 is 0 Å². The van der Waals surface area contributed by atoms with Crippen LogP contribution in [0.5, 0.6) is 0 Å². The number of hydrogen-bond donors (Lipinski definition) is 1. The fourth-order valence-corrected chi connectivity index (χ4v) is 1.29. The average molecular weight is 156 g/mol. The van der Waals surface area contributed by atoms with Crippen LogP contribution in [0.15, 0.2) is 0 Å². The quantitative estimate of drug-likeness (QED) is 0.516. The van der Waals surface area contributed by atoms with Gasteiger partial charge in [0.05, 0.1) is 0 Å². The van der Waals surface area contributed by atoms with Crippen LogP contribution in [0.3, 0.4) is 0 Å². The fourth-order valence-electron chi connectivity index (χ4n) is 1.29. The molecule has 1 nitrogen and oxygen atoms in total. The van der Waals surface area contributed by atoms with Crippen LogP contribution in [-0.2, 0) is 0 Å². The van der Waals surface area contributed by atoms with Gasteiger partial charge in [-0.2, -0.15) is 0 Å². The predicted octanol–water partition coefficient (Wildman–Crippen LogP) is 1.04. The van der Waals surface area contributed by atoms with Crippen LogP contribution in [0.4, 0.5) is 8.78 Å². The highest BCUT2D eigenvalue weighted by Gasteiger charge is 2.65. The molecule has 1 saturated heterocycles. The zero-order valence-corrected chi connectivity index (χ0v) is 5.55. The van der Waals surface area contributed by atoms with Gasteiger partial charge in [0, 0.05) is 12.5 Å². The van der Waals surface area contributed by atoms with Crippen molar-refractivity contribution in [1.82, 2.24) is 5.32 Å². The smallest absolute Gasteiger partial charge is 0.185 e. The first-order valence-electron chi connectivity index (χ1n) is 2.80. The summed E-state index contributed by atoms with van der Waals surface area (Å²) in [7, 11) is 0. The van der Waals surface area contributed by atoms with E-state index in [1.165, 1.54) is 0 Å². The molecule has 0 aromatic rings. The summed E-state index contributed by atoms with van der Waals surface area (Å²) in [5, 5.41) is 2.42. The van der Waals surface area contributed by atoms with Gasteiger partial charge in [-0.25, -0.2) is 8.78 Å². The van der Waals surface area contributed by atoms with Crippen molar-refractivity contribution in [2.45, 2.75) is 18.4 Å². The Bertz CT molecular complexity index is 130. The third-order valence-corrected chi connectivity index (χ3v) is 2.04. The molecular formula is C5H8ClF2N. The molecular weight excluding hydrogens is 148 g/mol. The molecule has 4 heteroatoms. The summed E-state index contributed by atoms with van der Waals surface area (Å²) in [6, 6.07) is 0. The van der Waals surface area contributed by atoms with E-state index in [2.05, 4.69) is 5.32 Å². The number of alkyl halides is 2. The molecule has 2 aliphatic rings. The molecule has 0 spiro atoms. The van der Waals surface area contributed by atoms with E-state index < -0.39 is 12.0 Å². The summed E-state index contributed by atoms with van der Waals surface area (Å²) in [6.45, 7) is 0.525. The van der Waals surface area contributed by atoms with Crippen molar-refractivity contribution in [3.8, 4) is 0 Å². The molecule has 0 amide bonds. The second kappa shape index (κ2) is 1.80. The first-order chi connectivity index (χ1) is 3.73. The van der Waals surface area contributed by atoms with Crippen molar-refractivity contribution in [3.05, 3.63) is 0 Å². The molecule has 54 valence electrons. The molecule has 2 rings (SSSR count). The largest absolute Gasteiger partial charge is 0.285 e. The van der Waals surface area contributed by atoms with Gasteiger partial charge in [-0.05, 0) is 6.42 Å². The van der Waals surface area contributed by atoms with Gasteiger partial charge in [0.25, 0.3) is 0 Å². The van der Waals surface area contributed by atoms with Crippen LogP contribution >= 0.6 is 12.4 Å². The number of fused-ring (bicyclic) bond motifs is 1. The van der Waals surface area contributed by atoms with E-state index in [0.717, 1.165) is 0 Å².